The van der Waals surface area contributed by atoms with Gasteiger partial charge in [-0.25, -0.2) is 0 Å². The molecular weight excluding hydrogens is 190 g/mol. The van der Waals surface area contributed by atoms with Gasteiger partial charge in [0.1, 0.15) is 0 Å². The highest BCUT2D eigenvalue weighted by Crippen LogP contribution is 2.43. The summed E-state index contributed by atoms with van der Waals surface area (Å²) in [6, 6.07) is 0. The number of hydrogen-bond acceptors (Lipinski definition) is 3. The zero-order valence-corrected chi connectivity index (χ0v) is 10.6. The molecule has 0 N–H and O–H groups in total. The van der Waals surface area contributed by atoms with Crippen molar-refractivity contribution < 1.29 is 9.53 Å². The Hall–Kier alpha value is -0.570. The SMILES string of the molecule is COC(=O)C1(CN(C)C(C)(C)C)CCC1. The molecule has 1 rings (SSSR count). The van der Waals surface area contributed by atoms with Crippen LogP contribution in [0.1, 0.15) is 40.0 Å². The van der Waals surface area contributed by atoms with Gasteiger partial charge in [-0.2, -0.15) is 0 Å². The van der Waals surface area contributed by atoms with Crippen LogP contribution in [0.5, 0.6) is 0 Å². The Kier molecular flexibility index (Phi) is 3.44. The molecule has 88 valence electrons. The van der Waals surface area contributed by atoms with E-state index in [1.165, 1.54) is 7.11 Å². The first-order valence-electron chi connectivity index (χ1n) is 5.61. The minimum absolute atomic E-state index is 0.0372. The topological polar surface area (TPSA) is 29.5 Å². The molecule has 1 saturated carbocycles. The molecular formula is C12H23NO2. The van der Waals surface area contributed by atoms with Gasteiger partial charge in [0.15, 0.2) is 0 Å². The maximum Gasteiger partial charge on any atom is 0.313 e. The van der Waals surface area contributed by atoms with Crippen LogP contribution in [0.25, 0.3) is 0 Å². The van der Waals surface area contributed by atoms with Crippen molar-refractivity contribution in [3.8, 4) is 0 Å². The van der Waals surface area contributed by atoms with Gasteiger partial charge < -0.3 is 9.64 Å². The molecule has 0 unspecified atom stereocenters. The van der Waals surface area contributed by atoms with Gasteiger partial charge in [-0.3, -0.25) is 4.79 Å². The number of rotatable bonds is 3. The zero-order chi connectivity index (χ0) is 11.7. The van der Waals surface area contributed by atoms with E-state index >= 15 is 0 Å². The minimum Gasteiger partial charge on any atom is -0.469 e. The van der Waals surface area contributed by atoms with Crippen molar-refractivity contribution in [1.82, 2.24) is 4.90 Å². The van der Waals surface area contributed by atoms with Crippen molar-refractivity contribution in [2.45, 2.75) is 45.6 Å². The number of nitrogens with zero attached hydrogens (tertiary/aromatic N) is 1. The molecule has 1 aliphatic carbocycles. The maximum absolute atomic E-state index is 11.7. The third kappa shape index (κ3) is 2.51. The van der Waals surface area contributed by atoms with Crippen LogP contribution in [-0.4, -0.2) is 37.1 Å². The van der Waals surface area contributed by atoms with Crippen molar-refractivity contribution in [2.24, 2.45) is 5.41 Å². The van der Waals surface area contributed by atoms with E-state index in [1.807, 2.05) is 0 Å². The molecule has 0 aromatic rings. The summed E-state index contributed by atoms with van der Waals surface area (Å²) in [5.41, 5.74) is -0.118. The normalized spacial score (nSPS) is 19.9. The number of carbonyl (C=O) groups is 1. The number of hydrogen-bond donors (Lipinski definition) is 0. The van der Waals surface area contributed by atoms with Gasteiger partial charge in [-0.1, -0.05) is 6.42 Å². The number of methoxy groups -OCH3 is 1. The molecule has 0 atom stereocenters. The number of carbonyl (C=O) groups excluding carboxylic acids is 1. The Morgan fingerprint density at radius 3 is 2.20 bits per heavy atom. The smallest absolute Gasteiger partial charge is 0.313 e. The van der Waals surface area contributed by atoms with Crippen LogP contribution in [0, 0.1) is 5.41 Å². The second-order valence-corrected chi connectivity index (χ2v) is 5.65. The molecule has 0 saturated heterocycles. The van der Waals surface area contributed by atoms with Crippen LogP contribution >= 0.6 is 0 Å². The molecule has 1 aliphatic rings. The van der Waals surface area contributed by atoms with Crippen LogP contribution < -0.4 is 0 Å². The lowest BCUT2D eigenvalue weighted by molar-refractivity contribution is -0.160. The fourth-order valence-electron chi connectivity index (χ4n) is 1.94. The van der Waals surface area contributed by atoms with Gasteiger partial charge >= 0.3 is 5.97 Å². The average Bonchev–Trinajstić information content (AvgIpc) is 2.08. The molecule has 15 heavy (non-hydrogen) atoms. The van der Waals surface area contributed by atoms with E-state index in [1.54, 1.807) is 0 Å². The van der Waals surface area contributed by atoms with Gasteiger partial charge in [0.2, 0.25) is 0 Å². The predicted molar refractivity (Wildman–Crippen MR) is 60.7 cm³/mol. The van der Waals surface area contributed by atoms with Crippen LogP contribution in [0.4, 0.5) is 0 Å². The summed E-state index contributed by atoms with van der Waals surface area (Å²) < 4.78 is 4.91. The van der Waals surface area contributed by atoms with Gasteiger partial charge in [0.05, 0.1) is 12.5 Å². The maximum atomic E-state index is 11.7. The molecule has 0 bridgehead atoms. The first-order chi connectivity index (χ1) is 6.82. The van der Waals surface area contributed by atoms with E-state index in [-0.39, 0.29) is 16.9 Å². The van der Waals surface area contributed by atoms with E-state index in [2.05, 4.69) is 32.7 Å². The molecule has 0 heterocycles. The summed E-state index contributed by atoms with van der Waals surface area (Å²) in [5.74, 6) is -0.0372. The lowest BCUT2D eigenvalue weighted by Crippen LogP contribution is -2.51. The highest BCUT2D eigenvalue weighted by atomic mass is 16.5. The van der Waals surface area contributed by atoms with Crippen molar-refractivity contribution in [2.75, 3.05) is 20.7 Å². The third-order valence-corrected chi connectivity index (χ3v) is 3.61. The quantitative estimate of drug-likeness (QED) is 0.672. The largest absolute Gasteiger partial charge is 0.469 e. The third-order valence-electron chi connectivity index (χ3n) is 3.61. The van der Waals surface area contributed by atoms with E-state index in [9.17, 15) is 4.79 Å². The van der Waals surface area contributed by atoms with Crippen molar-refractivity contribution >= 4 is 5.97 Å². The van der Waals surface area contributed by atoms with Gasteiger partial charge in [0, 0.05) is 12.1 Å². The van der Waals surface area contributed by atoms with Crippen molar-refractivity contribution in [3.63, 3.8) is 0 Å². The fraction of sp³-hybridized carbons (Fsp3) is 0.917. The summed E-state index contributed by atoms with van der Waals surface area (Å²) >= 11 is 0. The van der Waals surface area contributed by atoms with Gasteiger partial charge in [-0.05, 0) is 40.7 Å². The van der Waals surface area contributed by atoms with Crippen LogP contribution in [0.3, 0.4) is 0 Å². The monoisotopic (exact) mass is 213 g/mol. The first-order valence-corrected chi connectivity index (χ1v) is 5.61. The standard InChI is InChI=1S/C12H23NO2/c1-11(2,3)13(4)9-12(7-6-8-12)10(14)15-5/h6-9H2,1-5H3. The van der Waals surface area contributed by atoms with Crippen molar-refractivity contribution in [1.29, 1.82) is 0 Å². The second kappa shape index (κ2) is 4.12. The molecule has 0 aromatic carbocycles. The average molecular weight is 213 g/mol. The van der Waals surface area contributed by atoms with Crippen LogP contribution in [0.15, 0.2) is 0 Å². The van der Waals surface area contributed by atoms with Crippen molar-refractivity contribution in [3.05, 3.63) is 0 Å². The zero-order valence-electron chi connectivity index (χ0n) is 10.6. The summed E-state index contributed by atoms with van der Waals surface area (Å²) in [7, 11) is 3.56. The van der Waals surface area contributed by atoms with E-state index in [0.29, 0.717) is 0 Å². The van der Waals surface area contributed by atoms with E-state index in [4.69, 9.17) is 4.74 Å². The minimum atomic E-state index is -0.225. The fourth-order valence-corrected chi connectivity index (χ4v) is 1.94. The number of esters is 1. The Morgan fingerprint density at radius 1 is 1.40 bits per heavy atom. The summed E-state index contributed by atoms with van der Waals surface area (Å²) in [5, 5.41) is 0. The summed E-state index contributed by atoms with van der Waals surface area (Å²) in [4.78, 5) is 14.0. The van der Waals surface area contributed by atoms with Gasteiger partial charge in [0.25, 0.3) is 0 Å². The Morgan fingerprint density at radius 2 is 1.93 bits per heavy atom. The molecule has 0 amide bonds. The predicted octanol–water partition coefficient (Wildman–Crippen LogP) is 2.06. The molecule has 3 heteroatoms. The lowest BCUT2D eigenvalue weighted by atomic mass is 9.68. The molecule has 0 spiro atoms. The lowest BCUT2D eigenvalue weighted by Gasteiger charge is -2.45. The van der Waals surface area contributed by atoms with Crippen LogP contribution in [0.2, 0.25) is 0 Å². The van der Waals surface area contributed by atoms with Crippen LogP contribution in [-0.2, 0) is 9.53 Å². The highest BCUT2D eigenvalue weighted by molar-refractivity contribution is 5.78. The van der Waals surface area contributed by atoms with E-state index in [0.717, 1.165) is 25.8 Å². The second-order valence-electron chi connectivity index (χ2n) is 5.65. The molecule has 0 radical (unpaired) electrons. The molecule has 1 fully saturated rings. The van der Waals surface area contributed by atoms with Gasteiger partial charge in [-0.15, -0.1) is 0 Å². The molecule has 0 aliphatic heterocycles. The summed E-state index contributed by atoms with van der Waals surface area (Å²) in [6.07, 6.45) is 3.09. The molecule has 0 aromatic heterocycles. The molecule has 3 nitrogen and oxygen atoms in total. The van der Waals surface area contributed by atoms with E-state index < -0.39 is 0 Å². The highest BCUT2D eigenvalue weighted by Gasteiger charge is 2.46. The Labute approximate surface area is 92.8 Å². The first kappa shape index (κ1) is 12.5. The summed E-state index contributed by atoms with van der Waals surface area (Å²) in [6.45, 7) is 7.30. The Bertz CT molecular complexity index is 238. The Balaban J connectivity index is 2.65. The number of ether oxygens (including phenoxy) is 1.